The Kier molecular flexibility index (Phi) is 7.63. The molecule has 2 aliphatic rings. The van der Waals surface area contributed by atoms with Crippen molar-refractivity contribution in [3.8, 4) is 0 Å². The maximum absolute atomic E-state index is 13.3. The summed E-state index contributed by atoms with van der Waals surface area (Å²) in [4.78, 5) is 38.9. The molecule has 3 N–H and O–H groups in total. The zero-order valence-electron chi connectivity index (χ0n) is 21.5. The number of aliphatic carboxylic acids is 1. The van der Waals surface area contributed by atoms with Crippen LogP contribution in [0.15, 0.2) is 66.6 Å². The van der Waals surface area contributed by atoms with E-state index in [0.29, 0.717) is 37.8 Å². The van der Waals surface area contributed by atoms with Gasteiger partial charge in [-0.05, 0) is 50.3 Å². The molecule has 0 aromatic heterocycles. The van der Waals surface area contributed by atoms with Gasteiger partial charge in [0, 0.05) is 37.0 Å². The first-order valence-electron chi connectivity index (χ1n) is 12.5. The SMILES string of the molecule is CC(C)(CC(=O)N1CCC(c2ccc(NC(=O)C3(c4ccccc4)NC=C(C(F)(F)F)O3)cc2)CC1)C(=O)O. The number of benzene rings is 2. The predicted molar refractivity (Wildman–Crippen MR) is 136 cm³/mol. The number of carbonyl (C=O) groups is 3. The smallest absolute Gasteiger partial charge is 0.450 e. The number of nitrogens with one attached hydrogen (secondary N) is 2. The van der Waals surface area contributed by atoms with E-state index in [1.165, 1.54) is 26.0 Å². The summed E-state index contributed by atoms with van der Waals surface area (Å²) in [5.74, 6) is -3.14. The minimum Gasteiger partial charge on any atom is -0.481 e. The van der Waals surface area contributed by atoms with Crippen LogP contribution in [0, 0.1) is 5.41 Å². The van der Waals surface area contributed by atoms with Crippen LogP contribution in [0.1, 0.15) is 50.2 Å². The molecule has 1 saturated heterocycles. The summed E-state index contributed by atoms with van der Waals surface area (Å²) >= 11 is 0. The summed E-state index contributed by atoms with van der Waals surface area (Å²) in [6, 6.07) is 14.9. The number of piperidine rings is 1. The van der Waals surface area contributed by atoms with E-state index in [-0.39, 0.29) is 23.8 Å². The first kappa shape index (κ1) is 28.0. The largest absolute Gasteiger partial charge is 0.481 e. The first-order valence-corrected chi connectivity index (χ1v) is 12.5. The highest BCUT2D eigenvalue weighted by atomic mass is 19.4. The van der Waals surface area contributed by atoms with E-state index in [2.05, 4.69) is 10.6 Å². The average Bonchev–Trinajstić information content (AvgIpc) is 3.37. The number of carboxylic acids is 1. The number of hydrogen-bond donors (Lipinski definition) is 3. The Morgan fingerprint density at radius 3 is 2.21 bits per heavy atom. The highest BCUT2D eigenvalue weighted by Gasteiger charge is 2.52. The van der Waals surface area contributed by atoms with Crippen LogP contribution in [0.25, 0.3) is 0 Å². The van der Waals surface area contributed by atoms with Gasteiger partial charge in [0.1, 0.15) is 0 Å². The molecule has 2 aromatic carbocycles. The van der Waals surface area contributed by atoms with Crippen LogP contribution in [0.5, 0.6) is 0 Å². The summed E-state index contributed by atoms with van der Waals surface area (Å²) in [6.07, 6.45) is -2.78. The van der Waals surface area contributed by atoms with Crippen LogP contribution in [0.3, 0.4) is 0 Å². The molecule has 4 rings (SSSR count). The van der Waals surface area contributed by atoms with Gasteiger partial charge in [0.15, 0.2) is 0 Å². The van der Waals surface area contributed by atoms with Crippen LogP contribution in [0.4, 0.5) is 18.9 Å². The third-order valence-corrected chi connectivity index (χ3v) is 7.11. The van der Waals surface area contributed by atoms with Crippen molar-refractivity contribution >= 4 is 23.5 Å². The molecular weight excluding hydrogens is 515 g/mol. The minimum atomic E-state index is -4.77. The van der Waals surface area contributed by atoms with Crippen LogP contribution in [-0.2, 0) is 24.8 Å². The third-order valence-electron chi connectivity index (χ3n) is 7.11. The molecule has 0 aliphatic carbocycles. The van der Waals surface area contributed by atoms with Crippen molar-refractivity contribution in [3.63, 3.8) is 0 Å². The second-order valence-corrected chi connectivity index (χ2v) is 10.4. The van der Waals surface area contributed by atoms with Crippen molar-refractivity contribution in [3.05, 3.63) is 77.7 Å². The third kappa shape index (κ3) is 6.02. The number of likely N-dealkylation sites (tertiary alicyclic amines) is 1. The summed E-state index contributed by atoms with van der Waals surface area (Å²) in [5, 5.41) is 14.4. The molecule has 0 bridgehead atoms. The summed E-state index contributed by atoms with van der Waals surface area (Å²) in [7, 11) is 0. The molecule has 2 amide bonds. The number of amides is 2. The van der Waals surface area contributed by atoms with Crippen LogP contribution >= 0.6 is 0 Å². The van der Waals surface area contributed by atoms with E-state index in [1.807, 2.05) is 12.1 Å². The van der Waals surface area contributed by atoms with Crippen molar-refractivity contribution < 1.29 is 37.4 Å². The molecule has 39 heavy (non-hydrogen) atoms. The van der Waals surface area contributed by atoms with Crippen molar-refractivity contribution in [2.24, 2.45) is 5.41 Å². The number of carboxylic acid groups (broad SMARTS) is 1. The van der Waals surface area contributed by atoms with E-state index in [0.717, 1.165) is 5.56 Å². The summed E-state index contributed by atoms with van der Waals surface area (Å²) in [6.45, 7) is 4.08. The van der Waals surface area contributed by atoms with Crippen LogP contribution in [0.2, 0.25) is 0 Å². The van der Waals surface area contributed by atoms with Crippen molar-refractivity contribution in [2.45, 2.75) is 50.9 Å². The molecule has 2 heterocycles. The molecule has 1 atom stereocenters. The molecule has 0 saturated carbocycles. The van der Waals surface area contributed by atoms with Crippen molar-refractivity contribution in [2.75, 3.05) is 18.4 Å². The summed E-state index contributed by atoms with van der Waals surface area (Å²) in [5.41, 5.74) is -1.62. The topological polar surface area (TPSA) is 108 Å². The normalized spacial score (nSPS) is 20.0. The molecule has 11 heteroatoms. The van der Waals surface area contributed by atoms with E-state index in [9.17, 15) is 32.7 Å². The van der Waals surface area contributed by atoms with E-state index in [4.69, 9.17) is 4.74 Å². The second-order valence-electron chi connectivity index (χ2n) is 10.4. The van der Waals surface area contributed by atoms with Gasteiger partial charge in [-0.15, -0.1) is 0 Å². The quantitative estimate of drug-likeness (QED) is 0.465. The molecular formula is C28H30F3N3O5. The Bertz CT molecular complexity index is 1250. The molecule has 2 aliphatic heterocycles. The minimum absolute atomic E-state index is 0.0651. The van der Waals surface area contributed by atoms with E-state index >= 15 is 0 Å². The van der Waals surface area contributed by atoms with Gasteiger partial charge in [0.2, 0.25) is 11.7 Å². The number of allylic oxidation sites excluding steroid dienone is 1. The Morgan fingerprint density at radius 1 is 1.05 bits per heavy atom. The fraction of sp³-hybridized carbons (Fsp3) is 0.393. The molecule has 1 unspecified atom stereocenters. The number of nitrogens with zero attached hydrogens (tertiary/aromatic N) is 1. The fourth-order valence-corrected chi connectivity index (χ4v) is 4.67. The van der Waals surface area contributed by atoms with Crippen molar-refractivity contribution in [1.29, 1.82) is 0 Å². The lowest BCUT2D eigenvalue weighted by Crippen LogP contribution is -2.49. The lowest BCUT2D eigenvalue weighted by molar-refractivity contribution is -0.163. The lowest BCUT2D eigenvalue weighted by atomic mass is 9.86. The fourth-order valence-electron chi connectivity index (χ4n) is 4.67. The highest BCUT2D eigenvalue weighted by Crippen LogP contribution is 2.39. The van der Waals surface area contributed by atoms with Gasteiger partial charge < -0.3 is 25.4 Å². The maximum atomic E-state index is 13.3. The Balaban J connectivity index is 1.39. The van der Waals surface area contributed by atoms with Gasteiger partial charge in [-0.3, -0.25) is 14.4 Å². The van der Waals surface area contributed by atoms with E-state index in [1.54, 1.807) is 35.2 Å². The number of ether oxygens (including phenoxy) is 1. The molecule has 0 spiro atoms. The molecule has 0 radical (unpaired) electrons. The van der Waals surface area contributed by atoms with Crippen LogP contribution < -0.4 is 10.6 Å². The first-order chi connectivity index (χ1) is 18.3. The lowest BCUT2D eigenvalue weighted by Gasteiger charge is -2.34. The van der Waals surface area contributed by atoms with Gasteiger partial charge in [-0.25, -0.2) is 0 Å². The molecule has 8 nitrogen and oxygen atoms in total. The standard InChI is InChI=1S/C28H30F3N3O5/c1-26(2,25(37)38)16-23(35)34-14-12-19(13-15-34)18-8-10-21(11-9-18)33-24(36)27(20-6-4-3-5-7-20)32-17-22(39-27)28(29,30)31/h3-11,17,19,32H,12-16H2,1-2H3,(H,33,36)(H,37,38). The number of anilines is 1. The number of rotatable bonds is 7. The Labute approximate surface area is 223 Å². The predicted octanol–water partition coefficient (Wildman–Crippen LogP) is 4.71. The second kappa shape index (κ2) is 10.6. The van der Waals surface area contributed by atoms with Crippen LogP contribution in [-0.4, -0.2) is 47.1 Å². The number of alkyl halides is 3. The zero-order valence-corrected chi connectivity index (χ0v) is 21.5. The van der Waals surface area contributed by atoms with Gasteiger partial charge >= 0.3 is 12.1 Å². The van der Waals surface area contributed by atoms with Crippen molar-refractivity contribution in [1.82, 2.24) is 10.2 Å². The van der Waals surface area contributed by atoms with Gasteiger partial charge in [-0.2, -0.15) is 13.2 Å². The summed E-state index contributed by atoms with van der Waals surface area (Å²) < 4.78 is 45.1. The Morgan fingerprint density at radius 2 is 1.67 bits per heavy atom. The van der Waals surface area contributed by atoms with E-state index < -0.39 is 35.0 Å². The maximum Gasteiger partial charge on any atom is 0.450 e. The number of hydrogen-bond acceptors (Lipinski definition) is 5. The molecule has 208 valence electrons. The molecule has 1 fully saturated rings. The molecule has 2 aromatic rings. The average molecular weight is 546 g/mol. The number of halogens is 3. The Hall–Kier alpha value is -4.02. The van der Waals surface area contributed by atoms with Gasteiger partial charge in [0.25, 0.3) is 11.6 Å². The zero-order chi connectivity index (χ0) is 28.4. The highest BCUT2D eigenvalue weighted by molar-refractivity contribution is 5.98. The number of carbonyl (C=O) groups excluding carboxylic acids is 2. The van der Waals surface area contributed by atoms with Gasteiger partial charge in [0.05, 0.1) is 5.41 Å². The monoisotopic (exact) mass is 545 g/mol. The van der Waals surface area contributed by atoms with Gasteiger partial charge in [-0.1, -0.05) is 42.5 Å².